The van der Waals surface area contributed by atoms with Crippen molar-refractivity contribution in [1.29, 1.82) is 0 Å². The van der Waals surface area contributed by atoms with Gasteiger partial charge in [-0.2, -0.15) is 0 Å². The highest BCUT2D eigenvalue weighted by molar-refractivity contribution is 7.91. The van der Waals surface area contributed by atoms with Crippen molar-refractivity contribution >= 4 is 9.84 Å². The second kappa shape index (κ2) is 6.90. The predicted molar refractivity (Wildman–Crippen MR) is 76.1 cm³/mol. The van der Waals surface area contributed by atoms with E-state index in [0.29, 0.717) is 6.42 Å². The van der Waals surface area contributed by atoms with Gasteiger partial charge < -0.3 is 5.73 Å². The zero-order chi connectivity index (χ0) is 13.6. The smallest absolute Gasteiger partial charge is 0.152 e. The van der Waals surface area contributed by atoms with Gasteiger partial charge in [-0.25, -0.2) is 8.42 Å². The summed E-state index contributed by atoms with van der Waals surface area (Å²) in [6.07, 6.45) is 2.38. The van der Waals surface area contributed by atoms with Crippen LogP contribution >= 0.6 is 0 Å². The first kappa shape index (κ1) is 15.2. The van der Waals surface area contributed by atoms with Gasteiger partial charge in [0.2, 0.25) is 0 Å². The Hall–Kier alpha value is -0.870. The van der Waals surface area contributed by atoms with Crippen molar-refractivity contribution in [3.63, 3.8) is 0 Å². The molecule has 0 spiro atoms. The van der Waals surface area contributed by atoms with Gasteiger partial charge in [0.1, 0.15) is 0 Å². The number of rotatable bonds is 7. The minimum atomic E-state index is -2.90. The van der Waals surface area contributed by atoms with Crippen LogP contribution in [0.15, 0.2) is 30.3 Å². The normalized spacial score (nSPS) is 13.8. The van der Waals surface area contributed by atoms with Crippen LogP contribution in [0.3, 0.4) is 0 Å². The minimum Gasteiger partial charge on any atom is -0.324 e. The lowest BCUT2D eigenvalue weighted by Gasteiger charge is -2.12. The quantitative estimate of drug-likeness (QED) is 0.774. The Morgan fingerprint density at radius 1 is 1.11 bits per heavy atom. The molecule has 4 heteroatoms. The average molecular weight is 269 g/mol. The standard InChI is InChI=1S/C14H23NO2S/c1-12(2)18(16,17)11-7-6-10-14(15)13-8-4-3-5-9-13/h3-5,8-9,12,14H,6-7,10-11,15H2,1-2H3. The maximum Gasteiger partial charge on any atom is 0.152 e. The summed E-state index contributed by atoms with van der Waals surface area (Å²) in [5, 5.41) is -0.278. The monoisotopic (exact) mass is 269 g/mol. The van der Waals surface area contributed by atoms with Crippen LogP contribution in [0.25, 0.3) is 0 Å². The predicted octanol–water partition coefficient (Wildman–Crippen LogP) is 2.68. The van der Waals surface area contributed by atoms with Gasteiger partial charge in [-0.15, -0.1) is 0 Å². The molecule has 1 aromatic carbocycles. The van der Waals surface area contributed by atoms with E-state index < -0.39 is 9.84 Å². The van der Waals surface area contributed by atoms with E-state index in [0.717, 1.165) is 18.4 Å². The van der Waals surface area contributed by atoms with Crippen LogP contribution < -0.4 is 5.73 Å². The molecule has 0 aromatic heterocycles. The molecule has 2 N–H and O–H groups in total. The molecule has 3 nitrogen and oxygen atoms in total. The van der Waals surface area contributed by atoms with Crippen molar-refractivity contribution in [2.75, 3.05) is 5.75 Å². The molecule has 102 valence electrons. The molecule has 18 heavy (non-hydrogen) atoms. The fourth-order valence-corrected chi connectivity index (χ4v) is 2.85. The molecule has 0 heterocycles. The van der Waals surface area contributed by atoms with E-state index in [2.05, 4.69) is 0 Å². The number of sulfone groups is 1. The summed E-state index contributed by atoms with van der Waals surface area (Å²) in [7, 11) is -2.90. The van der Waals surface area contributed by atoms with E-state index in [1.54, 1.807) is 13.8 Å². The van der Waals surface area contributed by atoms with E-state index in [4.69, 9.17) is 5.73 Å². The molecule has 0 saturated heterocycles. The van der Waals surface area contributed by atoms with Crippen LogP contribution in [0.2, 0.25) is 0 Å². The zero-order valence-corrected chi connectivity index (χ0v) is 12.0. The number of nitrogens with two attached hydrogens (primary N) is 1. The third-order valence-corrected chi connectivity index (χ3v) is 5.43. The lowest BCUT2D eigenvalue weighted by atomic mass is 10.0. The van der Waals surface area contributed by atoms with Crippen LogP contribution in [0.4, 0.5) is 0 Å². The summed E-state index contributed by atoms with van der Waals surface area (Å²) in [5.74, 6) is 0.270. The summed E-state index contributed by atoms with van der Waals surface area (Å²) in [6, 6.07) is 9.93. The molecular formula is C14H23NO2S. The van der Waals surface area contributed by atoms with Crippen molar-refractivity contribution in [2.24, 2.45) is 5.73 Å². The zero-order valence-electron chi connectivity index (χ0n) is 11.2. The van der Waals surface area contributed by atoms with Crippen molar-refractivity contribution < 1.29 is 8.42 Å². The Balaban J connectivity index is 2.31. The molecule has 1 aromatic rings. The molecule has 0 bridgehead atoms. The molecule has 0 fully saturated rings. The van der Waals surface area contributed by atoms with E-state index in [-0.39, 0.29) is 17.0 Å². The van der Waals surface area contributed by atoms with Crippen molar-refractivity contribution in [3.8, 4) is 0 Å². The second-order valence-electron chi connectivity index (χ2n) is 4.93. The Labute approximate surface area is 110 Å². The lowest BCUT2D eigenvalue weighted by molar-refractivity contribution is 0.570. The molecule has 0 aliphatic rings. The average Bonchev–Trinajstić information content (AvgIpc) is 2.35. The first-order chi connectivity index (χ1) is 8.43. The molecule has 1 unspecified atom stereocenters. The third kappa shape index (κ3) is 4.78. The number of hydrogen-bond acceptors (Lipinski definition) is 3. The van der Waals surface area contributed by atoms with Gasteiger partial charge in [0, 0.05) is 6.04 Å². The molecule has 0 aliphatic heterocycles. The van der Waals surface area contributed by atoms with E-state index in [1.807, 2.05) is 30.3 Å². The van der Waals surface area contributed by atoms with Crippen LogP contribution in [0.5, 0.6) is 0 Å². The largest absolute Gasteiger partial charge is 0.324 e. The maximum atomic E-state index is 11.6. The minimum absolute atomic E-state index is 0.00736. The van der Waals surface area contributed by atoms with Gasteiger partial charge in [0.05, 0.1) is 11.0 Å². The Morgan fingerprint density at radius 3 is 2.28 bits per heavy atom. The molecule has 1 rings (SSSR count). The fraction of sp³-hybridized carbons (Fsp3) is 0.571. The molecule has 0 aliphatic carbocycles. The Kier molecular flexibility index (Phi) is 5.82. The van der Waals surface area contributed by atoms with Crippen LogP contribution in [-0.4, -0.2) is 19.4 Å². The Morgan fingerprint density at radius 2 is 1.72 bits per heavy atom. The highest BCUT2D eigenvalue weighted by Gasteiger charge is 2.15. The van der Waals surface area contributed by atoms with Crippen molar-refractivity contribution in [3.05, 3.63) is 35.9 Å². The van der Waals surface area contributed by atoms with Crippen LogP contribution in [0.1, 0.15) is 44.7 Å². The van der Waals surface area contributed by atoms with Crippen LogP contribution in [-0.2, 0) is 9.84 Å². The van der Waals surface area contributed by atoms with Crippen LogP contribution in [0, 0.1) is 0 Å². The first-order valence-electron chi connectivity index (χ1n) is 6.45. The van der Waals surface area contributed by atoms with E-state index >= 15 is 0 Å². The third-order valence-electron chi connectivity index (χ3n) is 3.14. The van der Waals surface area contributed by atoms with Gasteiger partial charge in [-0.3, -0.25) is 0 Å². The molecule has 1 atom stereocenters. The van der Waals surface area contributed by atoms with E-state index in [9.17, 15) is 8.42 Å². The number of unbranched alkanes of at least 4 members (excludes halogenated alkanes) is 1. The van der Waals surface area contributed by atoms with Gasteiger partial charge in [-0.1, -0.05) is 36.8 Å². The first-order valence-corrected chi connectivity index (χ1v) is 8.17. The van der Waals surface area contributed by atoms with E-state index in [1.165, 1.54) is 0 Å². The molecule has 0 radical (unpaired) electrons. The second-order valence-corrected chi connectivity index (χ2v) is 7.61. The highest BCUT2D eigenvalue weighted by Crippen LogP contribution is 2.16. The number of hydrogen-bond donors (Lipinski definition) is 1. The summed E-state index contributed by atoms with van der Waals surface area (Å²) < 4.78 is 23.2. The van der Waals surface area contributed by atoms with Crippen molar-refractivity contribution in [2.45, 2.75) is 44.4 Å². The maximum absolute atomic E-state index is 11.6. The topological polar surface area (TPSA) is 60.2 Å². The molecule has 0 saturated carbocycles. The Bertz CT molecular complexity index is 440. The van der Waals surface area contributed by atoms with Gasteiger partial charge >= 0.3 is 0 Å². The van der Waals surface area contributed by atoms with Gasteiger partial charge in [0.15, 0.2) is 9.84 Å². The van der Waals surface area contributed by atoms with Gasteiger partial charge in [0.25, 0.3) is 0 Å². The summed E-state index contributed by atoms with van der Waals surface area (Å²) in [6.45, 7) is 3.45. The summed E-state index contributed by atoms with van der Waals surface area (Å²) in [5.41, 5.74) is 7.17. The molecule has 0 amide bonds. The summed E-state index contributed by atoms with van der Waals surface area (Å²) in [4.78, 5) is 0. The highest BCUT2D eigenvalue weighted by atomic mass is 32.2. The van der Waals surface area contributed by atoms with Crippen molar-refractivity contribution in [1.82, 2.24) is 0 Å². The number of benzene rings is 1. The summed E-state index contributed by atoms with van der Waals surface area (Å²) >= 11 is 0. The SMILES string of the molecule is CC(C)S(=O)(=O)CCCCC(N)c1ccccc1. The lowest BCUT2D eigenvalue weighted by Crippen LogP contribution is -2.18. The van der Waals surface area contributed by atoms with Gasteiger partial charge in [-0.05, 0) is 32.3 Å². The fourth-order valence-electron chi connectivity index (χ4n) is 1.77. The molecular weight excluding hydrogens is 246 g/mol.